The van der Waals surface area contributed by atoms with E-state index in [2.05, 4.69) is 35.3 Å². The molecule has 162 valence electrons. The first kappa shape index (κ1) is 20.9. The van der Waals surface area contributed by atoms with Crippen molar-refractivity contribution in [3.8, 4) is 0 Å². The normalized spacial score (nSPS) is 18.6. The van der Waals surface area contributed by atoms with Crippen LogP contribution >= 0.6 is 11.3 Å². The average molecular weight is 431 g/mol. The Labute approximate surface area is 181 Å². The third kappa shape index (κ3) is 4.69. The van der Waals surface area contributed by atoms with E-state index in [1.165, 1.54) is 10.3 Å². The van der Waals surface area contributed by atoms with Gasteiger partial charge in [-0.1, -0.05) is 17.4 Å². The Hall–Kier alpha value is -2.35. The van der Waals surface area contributed by atoms with Crippen molar-refractivity contribution in [2.24, 2.45) is 5.92 Å². The van der Waals surface area contributed by atoms with Crippen LogP contribution in [0.25, 0.3) is 10.2 Å². The Morgan fingerprint density at radius 2 is 1.90 bits per heavy atom. The van der Waals surface area contributed by atoms with Gasteiger partial charge < -0.3 is 19.9 Å². The van der Waals surface area contributed by atoms with Crippen molar-refractivity contribution >= 4 is 38.7 Å². The summed E-state index contributed by atoms with van der Waals surface area (Å²) in [7, 11) is 0. The molecule has 1 aromatic heterocycles. The number of piperidine rings is 2. The van der Waals surface area contributed by atoms with Crippen LogP contribution in [0.15, 0.2) is 18.2 Å². The van der Waals surface area contributed by atoms with E-state index in [9.17, 15) is 9.59 Å². The molecule has 0 unspecified atom stereocenters. The van der Waals surface area contributed by atoms with E-state index in [-0.39, 0.29) is 24.0 Å². The topological polar surface area (TPSA) is 74.8 Å². The zero-order valence-electron chi connectivity index (χ0n) is 17.7. The second-order valence-corrected chi connectivity index (χ2v) is 9.21. The van der Waals surface area contributed by atoms with Crippen LogP contribution in [0.5, 0.6) is 0 Å². The van der Waals surface area contributed by atoms with Crippen molar-refractivity contribution < 1.29 is 14.3 Å². The van der Waals surface area contributed by atoms with Gasteiger partial charge in [0.2, 0.25) is 5.91 Å². The van der Waals surface area contributed by atoms with E-state index in [1.807, 2.05) is 6.92 Å². The number of anilines is 1. The van der Waals surface area contributed by atoms with Gasteiger partial charge in [-0.3, -0.25) is 4.79 Å². The molecule has 2 aliphatic rings. The molecule has 0 radical (unpaired) electrons. The molecule has 30 heavy (non-hydrogen) atoms. The van der Waals surface area contributed by atoms with Gasteiger partial charge in [-0.05, 0) is 57.2 Å². The second kappa shape index (κ2) is 9.20. The van der Waals surface area contributed by atoms with Crippen molar-refractivity contribution in [1.82, 2.24) is 15.2 Å². The number of fused-ring (bicyclic) bond motifs is 1. The fourth-order valence-electron chi connectivity index (χ4n) is 4.23. The molecule has 8 heteroatoms. The van der Waals surface area contributed by atoms with Crippen LogP contribution in [0.1, 0.15) is 38.2 Å². The summed E-state index contributed by atoms with van der Waals surface area (Å²) in [6, 6.07) is 6.51. The molecule has 1 aromatic carbocycles. The highest BCUT2D eigenvalue weighted by atomic mass is 32.1. The van der Waals surface area contributed by atoms with Gasteiger partial charge in [0.25, 0.3) is 0 Å². The molecule has 1 N–H and O–H groups in total. The molecule has 2 amide bonds. The molecular weight excluding hydrogens is 400 g/mol. The van der Waals surface area contributed by atoms with Gasteiger partial charge in [0, 0.05) is 38.1 Å². The molecule has 0 saturated carbocycles. The zero-order chi connectivity index (χ0) is 21.1. The van der Waals surface area contributed by atoms with E-state index in [0.717, 1.165) is 49.4 Å². The molecule has 0 bridgehead atoms. The lowest BCUT2D eigenvalue weighted by Gasteiger charge is -2.34. The highest BCUT2D eigenvalue weighted by molar-refractivity contribution is 7.22. The summed E-state index contributed by atoms with van der Waals surface area (Å²) in [6.45, 7) is 7.30. The fourth-order valence-corrected chi connectivity index (χ4v) is 5.34. The number of nitrogens with one attached hydrogen (secondary N) is 1. The molecule has 3 heterocycles. The fraction of sp³-hybridized carbons (Fsp3) is 0.591. The number of carbonyl (C=O) groups is 2. The van der Waals surface area contributed by atoms with Crippen LogP contribution in [-0.2, 0) is 9.53 Å². The number of thiazole rings is 1. The molecule has 2 saturated heterocycles. The van der Waals surface area contributed by atoms with E-state index in [4.69, 9.17) is 9.72 Å². The number of aryl methyl sites for hydroxylation is 1. The molecule has 2 aromatic rings. The Bertz CT molecular complexity index is 899. The minimum atomic E-state index is -0.250. The summed E-state index contributed by atoms with van der Waals surface area (Å²) in [5, 5.41) is 4.27. The van der Waals surface area contributed by atoms with Crippen molar-refractivity contribution in [2.45, 2.75) is 45.6 Å². The first-order chi connectivity index (χ1) is 14.5. The third-order valence-corrected chi connectivity index (χ3v) is 7.12. The minimum absolute atomic E-state index is 0.0564. The van der Waals surface area contributed by atoms with Crippen molar-refractivity contribution in [3.05, 3.63) is 23.8 Å². The average Bonchev–Trinajstić information content (AvgIpc) is 3.17. The number of rotatable bonds is 4. The van der Waals surface area contributed by atoms with Crippen molar-refractivity contribution in [1.29, 1.82) is 0 Å². The quantitative estimate of drug-likeness (QED) is 0.803. The molecule has 0 spiro atoms. The van der Waals surface area contributed by atoms with Gasteiger partial charge in [0.05, 0.1) is 16.8 Å². The van der Waals surface area contributed by atoms with Crippen LogP contribution in [0.3, 0.4) is 0 Å². The van der Waals surface area contributed by atoms with E-state index >= 15 is 0 Å². The number of benzene rings is 1. The summed E-state index contributed by atoms with van der Waals surface area (Å²) >= 11 is 1.73. The number of hydrogen-bond donors (Lipinski definition) is 1. The van der Waals surface area contributed by atoms with Gasteiger partial charge in [-0.25, -0.2) is 9.78 Å². The Kier molecular flexibility index (Phi) is 6.41. The molecule has 2 aliphatic heterocycles. The Morgan fingerprint density at radius 1 is 1.17 bits per heavy atom. The van der Waals surface area contributed by atoms with E-state index < -0.39 is 0 Å². The number of amides is 2. The number of likely N-dealkylation sites (tertiary alicyclic amines) is 1. The van der Waals surface area contributed by atoms with Gasteiger partial charge in [-0.15, -0.1) is 0 Å². The number of ether oxygens (including phenoxy) is 1. The zero-order valence-corrected chi connectivity index (χ0v) is 18.5. The van der Waals surface area contributed by atoms with Gasteiger partial charge in [0.1, 0.15) is 0 Å². The summed E-state index contributed by atoms with van der Waals surface area (Å²) in [5.74, 6) is 0.213. The highest BCUT2D eigenvalue weighted by Crippen LogP contribution is 2.32. The van der Waals surface area contributed by atoms with Crippen LogP contribution in [0.4, 0.5) is 9.93 Å². The van der Waals surface area contributed by atoms with Gasteiger partial charge in [-0.2, -0.15) is 0 Å². The molecule has 0 atom stereocenters. The maximum atomic E-state index is 12.8. The SMILES string of the molecule is CCOC(=O)N1CCC(NC(=O)C2CCN(c3nc4ccc(C)cc4s3)CC2)CC1. The summed E-state index contributed by atoms with van der Waals surface area (Å²) < 4.78 is 6.28. The maximum Gasteiger partial charge on any atom is 0.409 e. The standard InChI is InChI=1S/C22H30N4O3S/c1-3-29-22(28)26-12-8-17(9-13-26)23-20(27)16-6-10-25(11-7-16)21-24-18-5-4-15(2)14-19(18)30-21/h4-5,14,16-17H,3,6-13H2,1-2H3,(H,23,27). The van der Waals surface area contributed by atoms with Crippen molar-refractivity contribution in [2.75, 3.05) is 37.7 Å². The second-order valence-electron chi connectivity index (χ2n) is 8.20. The lowest BCUT2D eigenvalue weighted by molar-refractivity contribution is -0.126. The molecular formula is C22H30N4O3S. The Balaban J connectivity index is 1.25. The van der Waals surface area contributed by atoms with Crippen LogP contribution in [0, 0.1) is 12.8 Å². The van der Waals surface area contributed by atoms with Gasteiger partial charge in [0.15, 0.2) is 5.13 Å². The summed E-state index contributed by atoms with van der Waals surface area (Å²) in [6.07, 6.45) is 3.02. The first-order valence-corrected chi connectivity index (χ1v) is 11.7. The lowest BCUT2D eigenvalue weighted by atomic mass is 9.95. The van der Waals surface area contributed by atoms with Crippen molar-refractivity contribution in [3.63, 3.8) is 0 Å². The van der Waals surface area contributed by atoms with Crippen LogP contribution in [-0.4, -0.2) is 60.7 Å². The largest absolute Gasteiger partial charge is 0.450 e. The van der Waals surface area contributed by atoms with E-state index in [1.54, 1.807) is 16.2 Å². The Morgan fingerprint density at radius 3 is 2.60 bits per heavy atom. The molecule has 0 aliphatic carbocycles. The first-order valence-electron chi connectivity index (χ1n) is 10.9. The lowest BCUT2D eigenvalue weighted by Crippen LogP contribution is -2.49. The number of carbonyl (C=O) groups excluding carboxylic acids is 2. The molecule has 2 fully saturated rings. The number of hydrogen-bond acceptors (Lipinski definition) is 6. The predicted octanol–water partition coefficient (Wildman–Crippen LogP) is 3.56. The smallest absolute Gasteiger partial charge is 0.409 e. The third-order valence-electron chi connectivity index (χ3n) is 6.04. The predicted molar refractivity (Wildman–Crippen MR) is 119 cm³/mol. The number of nitrogens with zero attached hydrogens (tertiary/aromatic N) is 3. The van der Waals surface area contributed by atoms with Crippen LogP contribution in [0.2, 0.25) is 0 Å². The molecule has 7 nitrogen and oxygen atoms in total. The maximum absolute atomic E-state index is 12.8. The van der Waals surface area contributed by atoms with Crippen LogP contribution < -0.4 is 10.2 Å². The summed E-state index contributed by atoms with van der Waals surface area (Å²) in [4.78, 5) is 33.4. The molecule has 4 rings (SSSR count). The number of aromatic nitrogens is 1. The monoisotopic (exact) mass is 430 g/mol. The highest BCUT2D eigenvalue weighted by Gasteiger charge is 2.30. The van der Waals surface area contributed by atoms with E-state index in [0.29, 0.717) is 19.7 Å². The van der Waals surface area contributed by atoms with Gasteiger partial charge >= 0.3 is 6.09 Å². The minimum Gasteiger partial charge on any atom is -0.450 e. The summed E-state index contributed by atoms with van der Waals surface area (Å²) in [5.41, 5.74) is 2.30.